The zero-order valence-corrected chi connectivity index (χ0v) is 33.9. The van der Waals surface area contributed by atoms with Crippen LogP contribution in [0.15, 0.2) is 36.4 Å². The number of rotatable bonds is 14. The van der Waals surface area contributed by atoms with E-state index in [0.717, 1.165) is 41.8 Å². The lowest BCUT2D eigenvalue weighted by Gasteiger charge is -2.50. The van der Waals surface area contributed by atoms with Crippen LogP contribution >= 0.6 is 0 Å². The second-order valence-corrected chi connectivity index (χ2v) is 16.8. The molecule has 2 aromatic rings. The molecule has 2 aromatic carbocycles. The van der Waals surface area contributed by atoms with Crippen LogP contribution in [0.25, 0.3) is 11.1 Å². The quantitative estimate of drug-likeness (QED) is 0.156. The smallest absolute Gasteiger partial charge is 0.251 e. The van der Waals surface area contributed by atoms with Gasteiger partial charge < -0.3 is 41.1 Å². The summed E-state index contributed by atoms with van der Waals surface area (Å²) in [5.74, 6) is 0.611. The molecule has 2 amide bonds. The molecule has 9 atom stereocenters. The van der Waals surface area contributed by atoms with Gasteiger partial charge in [-0.15, -0.1) is 0 Å². The lowest BCUT2D eigenvalue weighted by Crippen LogP contribution is -2.56. The first-order valence-corrected chi connectivity index (χ1v) is 19.9. The molecule has 300 valence electrons. The molecule has 5 rings (SSSR count). The number of carbonyl (C=O) groups is 2. The van der Waals surface area contributed by atoms with Crippen LogP contribution < -0.4 is 30.9 Å². The van der Waals surface area contributed by atoms with Gasteiger partial charge in [0, 0.05) is 61.5 Å². The maximum Gasteiger partial charge on any atom is 0.251 e. The molecule has 12 heteroatoms. The summed E-state index contributed by atoms with van der Waals surface area (Å²) in [6.45, 7) is 15.0. The van der Waals surface area contributed by atoms with Gasteiger partial charge in [0.05, 0.1) is 32.5 Å². The Kier molecular flexibility index (Phi) is 14.1. The third-order valence-electron chi connectivity index (χ3n) is 12.9. The number of nitrogens with one attached hydrogen (secondary N) is 4. The van der Waals surface area contributed by atoms with Crippen molar-refractivity contribution in [1.29, 1.82) is 0 Å². The molecule has 2 heterocycles. The van der Waals surface area contributed by atoms with Crippen LogP contribution in [0.1, 0.15) is 83.1 Å². The Hall–Kier alpha value is -3.26. The van der Waals surface area contributed by atoms with Crippen molar-refractivity contribution in [3.63, 3.8) is 0 Å². The van der Waals surface area contributed by atoms with E-state index in [1.807, 2.05) is 55.4 Å². The van der Waals surface area contributed by atoms with Crippen LogP contribution in [0.2, 0.25) is 0 Å². The van der Waals surface area contributed by atoms with E-state index in [-0.39, 0.29) is 48.5 Å². The van der Waals surface area contributed by atoms with Crippen LogP contribution in [0.3, 0.4) is 0 Å². The fourth-order valence-electron chi connectivity index (χ4n) is 8.76. The number of para-hydroxylation sites is 1. The zero-order valence-electron chi connectivity index (χ0n) is 33.9. The molecular weight excluding hydrogens is 684 g/mol. The first kappa shape index (κ1) is 41.9. The molecule has 3 fully saturated rings. The number of hydrogen-bond acceptors (Lipinski definition) is 10. The molecule has 2 aliphatic heterocycles. The van der Waals surface area contributed by atoms with Gasteiger partial charge in [-0.1, -0.05) is 52.8 Å². The van der Waals surface area contributed by atoms with Gasteiger partial charge in [-0.2, -0.15) is 5.06 Å². The Balaban J connectivity index is 1.39. The molecule has 0 bridgehead atoms. The van der Waals surface area contributed by atoms with Gasteiger partial charge in [-0.3, -0.25) is 14.4 Å². The summed E-state index contributed by atoms with van der Waals surface area (Å²) in [6.07, 6.45) is 2.95. The van der Waals surface area contributed by atoms with Crippen molar-refractivity contribution in [1.82, 2.24) is 26.3 Å². The summed E-state index contributed by atoms with van der Waals surface area (Å²) in [4.78, 5) is 36.1. The molecule has 54 heavy (non-hydrogen) atoms. The highest BCUT2D eigenvalue weighted by atomic mass is 16.7. The zero-order chi connectivity index (χ0) is 39.3. The topological polar surface area (TPSA) is 148 Å². The van der Waals surface area contributed by atoms with Crippen molar-refractivity contribution in [2.75, 3.05) is 52.3 Å². The average molecular weight is 751 g/mol. The molecule has 1 aliphatic carbocycles. The monoisotopic (exact) mass is 751 g/mol. The Morgan fingerprint density at radius 2 is 1.89 bits per heavy atom. The second kappa shape index (κ2) is 18.1. The molecular formula is C42H66N6O6. The molecule has 2 saturated heterocycles. The van der Waals surface area contributed by atoms with Crippen LogP contribution in [0.4, 0.5) is 5.69 Å². The Morgan fingerprint density at radius 1 is 1.13 bits per heavy atom. The van der Waals surface area contributed by atoms with E-state index in [2.05, 4.69) is 55.9 Å². The lowest BCUT2D eigenvalue weighted by molar-refractivity contribution is -0.182. The molecule has 1 saturated carbocycles. The first-order chi connectivity index (χ1) is 25.7. The van der Waals surface area contributed by atoms with Crippen LogP contribution in [0.5, 0.6) is 5.75 Å². The Bertz CT molecular complexity index is 1580. The highest BCUT2D eigenvalue weighted by Gasteiger charge is 2.51. The molecule has 3 aliphatic rings. The van der Waals surface area contributed by atoms with Crippen molar-refractivity contribution < 1.29 is 29.4 Å². The third-order valence-corrected chi connectivity index (χ3v) is 12.9. The normalized spacial score (nSPS) is 29.0. The predicted octanol–water partition coefficient (Wildman–Crippen LogP) is 4.14. The maximum atomic E-state index is 14.3. The van der Waals surface area contributed by atoms with Gasteiger partial charge in [-0.25, -0.2) is 0 Å². The van der Waals surface area contributed by atoms with E-state index in [4.69, 9.17) is 9.57 Å². The minimum Gasteiger partial charge on any atom is -0.496 e. The second-order valence-electron chi connectivity index (χ2n) is 16.8. The van der Waals surface area contributed by atoms with Crippen molar-refractivity contribution in [3.05, 3.63) is 47.5 Å². The third kappa shape index (κ3) is 9.22. The van der Waals surface area contributed by atoms with Crippen LogP contribution in [-0.2, 0) is 16.2 Å². The minimum atomic E-state index is -0.908. The van der Waals surface area contributed by atoms with Gasteiger partial charge >= 0.3 is 0 Å². The number of ether oxygens (including phenoxy) is 1. The SMILES string of the molecule is COc1c(CN2O[C@@H](CO)[C@@H]([C@H](C)O)[C@H]2C(=O)N[C@H]2C[C@@H](C)C(C)(C)[C@@H](C)[C@@H]2C)cccc1-c1cc(C(=O)NCCNC2CCCCN2)cc(N(C)C)c1. The average Bonchev–Trinajstić information content (AvgIpc) is 3.53. The highest BCUT2D eigenvalue weighted by Crippen LogP contribution is 2.47. The number of methoxy groups -OCH3 is 1. The van der Waals surface area contributed by atoms with E-state index in [1.165, 1.54) is 12.8 Å². The summed E-state index contributed by atoms with van der Waals surface area (Å²) < 4.78 is 6.07. The number of carbonyl (C=O) groups excluding carboxylic acids is 2. The number of amides is 2. The molecule has 12 nitrogen and oxygen atoms in total. The Morgan fingerprint density at radius 3 is 2.54 bits per heavy atom. The van der Waals surface area contributed by atoms with Gasteiger partial charge in [0.15, 0.2) is 0 Å². The van der Waals surface area contributed by atoms with Gasteiger partial charge in [-0.05, 0) is 86.1 Å². The Labute approximate surface area is 322 Å². The van der Waals surface area contributed by atoms with Crippen molar-refractivity contribution >= 4 is 17.5 Å². The van der Waals surface area contributed by atoms with Gasteiger partial charge in [0.1, 0.15) is 17.9 Å². The fourth-order valence-corrected chi connectivity index (χ4v) is 8.76. The van der Waals surface area contributed by atoms with E-state index < -0.39 is 24.2 Å². The minimum absolute atomic E-state index is 0.0291. The van der Waals surface area contributed by atoms with Gasteiger partial charge in [0.2, 0.25) is 5.91 Å². The molecule has 0 aromatic heterocycles. The van der Waals surface area contributed by atoms with E-state index in [9.17, 15) is 19.8 Å². The molecule has 6 N–H and O–H groups in total. The largest absolute Gasteiger partial charge is 0.496 e. The first-order valence-electron chi connectivity index (χ1n) is 19.9. The summed E-state index contributed by atoms with van der Waals surface area (Å²) in [7, 11) is 5.49. The van der Waals surface area contributed by atoms with Crippen molar-refractivity contribution in [2.45, 2.75) is 104 Å². The number of hydroxylamine groups is 2. The van der Waals surface area contributed by atoms with E-state index >= 15 is 0 Å². The fraction of sp³-hybridized carbons (Fsp3) is 0.667. The predicted molar refractivity (Wildman–Crippen MR) is 213 cm³/mol. The molecule has 0 radical (unpaired) electrons. The number of aliphatic hydroxyl groups is 2. The summed E-state index contributed by atoms with van der Waals surface area (Å²) in [5, 5.41) is 36.3. The van der Waals surface area contributed by atoms with E-state index in [0.29, 0.717) is 36.2 Å². The lowest BCUT2D eigenvalue weighted by atomic mass is 9.58. The molecule has 1 unspecified atom stereocenters. The summed E-state index contributed by atoms with van der Waals surface area (Å²) in [5.41, 5.74) is 3.89. The highest BCUT2D eigenvalue weighted by molar-refractivity contribution is 5.97. The number of nitrogens with zero attached hydrogens (tertiary/aromatic N) is 2. The number of anilines is 1. The molecule has 0 spiro atoms. The number of hydrogen-bond donors (Lipinski definition) is 6. The van der Waals surface area contributed by atoms with Crippen molar-refractivity contribution in [3.8, 4) is 16.9 Å². The van der Waals surface area contributed by atoms with Crippen LogP contribution in [0, 0.1) is 29.1 Å². The maximum absolute atomic E-state index is 14.3. The standard InChI is InChI=1S/C42H66N6O6/c1-25-19-34(26(2)27(3)42(25,5)6)46-41(52)38-37(28(4)50)35(24-49)54-48(38)23-29-13-12-14-33(39(29)53-9)30-20-31(22-32(21-30)47(7)8)40(51)45-18-17-44-36-15-10-11-16-43-36/h12-14,20-22,25-28,34-38,43-44,49-50H,10-11,15-19,23-24H2,1-9H3,(H,45,51)(H,46,52)/t25-,26+,27+,28+,34+,35+,36?,37-,38+/m1/s1. The number of aliphatic hydroxyl groups excluding tert-OH is 2. The van der Waals surface area contributed by atoms with Crippen LogP contribution in [-0.4, -0.2) is 105 Å². The van der Waals surface area contributed by atoms with Crippen molar-refractivity contribution in [2.24, 2.45) is 29.1 Å². The van der Waals surface area contributed by atoms with E-state index in [1.54, 1.807) is 19.1 Å². The number of piperidine rings is 1. The summed E-state index contributed by atoms with van der Waals surface area (Å²) >= 11 is 0. The van der Waals surface area contributed by atoms with Gasteiger partial charge in [0.25, 0.3) is 5.91 Å². The number of benzene rings is 2. The summed E-state index contributed by atoms with van der Waals surface area (Å²) in [6, 6.07) is 10.7.